The first-order chi connectivity index (χ1) is 22.1. The number of carbonyl (C=O) groups excluding carboxylic acids is 2. The Kier molecular flexibility index (Phi) is 11.3. The predicted octanol–water partition coefficient (Wildman–Crippen LogP) is 4.18. The number of hydrogen-bond donors (Lipinski definition) is 4. The Morgan fingerprint density at radius 1 is 1.00 bits per heavy atom. The minimum atomic E-state index is -0.555. The average molecular weight is 650 g/mol. The van der Waals surface area contributed by atoms with Crippen molar-refractivity contribution in [3.05, 3.63) is 53.3 Å². The number of amides is 2. The van der Waals surface area contributed by atoms with E-state index in [0.717, 1.165) is 25.1 Å². The van der Waals surface area contributed by atoms with Crippen LogP contribution in [0, 0.1) is 0 Å². The standard InChI is InChI=1S/C35H51N7O5/c1-8-37-33(46)32-39-38-31(27-19-26(23(2)3)28(43)20-29(27)44)42(32)25-11-9-24(10-12-25)22-40-14-16-41(17-15-40)30(45)21-35(6,7)47-18-13-34(4,5)36/h9-12,19-20,23,43-44H,8,13-18,21-22,36H2,1-7H3,(H,37,46). The Hall–Kier alpha value is -4.00. The van der Waals surface area contributed by atoms with Crippen LogP contribution in [-0.2, 0) is 16.1 Å². The second-order valence-electron chi connectivity index (χ2n) is 14.0. The van der Waals surface area contributed by atoms with Crippen molar-refractivity contribution in [2.24, 2.45) is 5.73 Å². The molecule has 3 aromatic rings. The zero-order chi connectivity index (χ0) is 34.5. The third kappa shape index (κ3) is 9.30. The third-order valence-electron chi connectivity index (χ3n) is 8.35. The number of carbonyl (C=O) groups is 2. The van der Waals surface area contributed by atoms with Gasteiger partial charge in [-0.2, -0.15) is 0 Å². The summed E-state index contributed by atoms with van der Waals surface area (Å²) in [5, 5.41) is 32.4. The Morgan fingerprint density at radius 2 is 1.66 bits per heavy atom. The van der Waals surface area contributed by atoms with E-state index >= 15 is 0 Å². The van der Waals surface area contributed by atoms with Crippen molar-refractivity contribution < 1.29 is 24.5 Å². The molecule has 1 aliphatic rings. The summed E-state index contributed by atoms with van der Waals surface area (Å²) in [5.41, 5.74) is 7.94. The molecule has 1 aromatic heterocycles. The number of nitrogens with zero attached hydrogens (tertiary/aromatic N) is 5. The fourth-order valence-electron chi connectivity index (χ4n) is 5.61. The minimum Gasteiger partial charge on any atom is -0.508 e. The molecule has 0 bridgehead atoms. The van der Waals surface area contributed by atoms with Gasteiger partial charge in [0.1, 0.15) is 11.5 Å². The van der Waals surface area contributed by atoms with Crippen molar-refractivity contribution in [3.63, 3.8) is 0 Å². The number of aromatic nitrogens is 3. The summed E-state index contributed by atoms with van der Waals surface area (Å²) >= 11 is 0. The van der Waals surface area contributed by atoms with Crippen LogP contribution in [-0.4, -0.2) is 97.1 Å². The lowest BCUT2D eigenvalue weighted by molar-refractivity contribution is -0.139. The fourth-order valence-corrected chi connectivity index (χ4v) is 5.61. The van der Waals surface area contributed by atoms with E-state index < -0.39 is 5.60 Å². The lowest BCUT2D eigenvalue weighted by atomic mass is 9.98. The van der Waals surface area contributed by atoms with Gasteiger partial charge in [-0.15, -0.1) is 10.2 Å². The number of rotatable bonds is 13. The molecule has 1 saturated heterocycles. The van der Waals surface area contributed by atoms with Crippen LogP contribution in [0.1, 0.15) is 89.0 Å². The first-order valence-electron chi connectivity index (χ1n) is 16.4. The summed E-state index contributed by atoms with van der Waals surface area (Å²) in [6, 6.07) is 10.8. The van der Waals surface area contributed by atoms with Crippen molar-refractivity contribution in [3.8, 4) is 28.6 Å². The summed E-state index contributed by atoms with van der Waals surface area (Å²) in [6.07, 6.45) is 1.05. The highest BCUT2D eigenvalue weighted by Crippen LogP contribution is 2.38. The Balaban J connectivity index is 1.44. The summed E-state index contributed by atoms with van der Waals surface area (Å²) in [4.78, 5) is 30.3. The summed E-state index contributed by atoms with van der Waals surface area (Å²) in [7, 11) is 0. The molecule has 0 saturated carbocycles. The number of phenols is 2. The van der Waals surface area contributed by atoms with Crippen LogP contribution in [0.25, 0.3) is 17.1 Å². The number of benzene rings is 2. The van der Waals surface area contributed by atoms with Gasteiger partial charge in [0, 0.05) is 63.2 Å². The molecule has 1 aliphatic heterocycles. The maximum atomic E-state index is 13.1. The number of nitrogens with two attached hydrogens (primary N) is 1. The molecule has 2 amide bonds. The first-order valence-corrected chi connectivity index (χ1v) is 16.4. The zero-order valence-corrected chi connectivity index (χ0v) is 28.8. The minimum absolute atomic E-state index is 0.00647. The predicted molar refractivity (Wildman–Crippen MR) is 182 cm³/mol. The molecule has 47 heavy (non-hydrogen) atoms. The van der Waals surface area contributed by atoms with E-state index in [1.54, 1.807) is 10.6 Å². The second-order valence-corrected chi connectivity index (χ2v) is 14.0. The van der Waals surface area contributed by atoms with Crippen molar-refractivity contribution in [1.82, 2.24) is 29.9 Å². The van der Waals surface area contributed by atoms with Crippen LogP contribution >= 0.6 is 0 Å². The molecule has 4 rings (SSSR count). The molecular weight excluding hydrogens is 598 g/mol. The lowest BCUT2D eigenvalue weighted by Crippen LogP contribution is -2.49. The van der Waals surface area contributed by atoms with Crippen LogP contribution < -0.4 is 11.1 Å². The second kappa shape index (κ2) is 14.8. The molecule has 2 aromatic carbocycles. The molecule has 0 unspecified atom stereocenters. The van der Waals surface area contributed by atoms with Gasteiger partial charge in [-0.05, 0) is 76.3 Å². The quantitative estimate of drug-likeness (QED) is 0.213. The van der Waals surface area contributed by atoms with E-state index in [0.29, 0.717) is 56.0 Å². The van der Waals surface area contributed by atoms with E-state index in [-0.39, 0.29) is 46.4 Å². The largest absolute Gasteiger partial charge is 0.508 e. The first kappa shape index (κ1) is 35.8. The topological polar surface area (TPSA) is 159 Å². The number of nitrogens with one attached hydrogen (secondary N) is 1. The van der Waals surface area contributed by atoms with E-state index in [1.165, 1.54) is 6.07 Å². The molecule has 2 heterocycles. The Morgan fingerprint density at radius 3 is 2.26 bits per heavy atom. The Bertz CT molecular complexity index is 1530. The monoisotopic (exact) mass is 649 g/mol. The third-order valence-corrected chi connectivity index (χ3v) is 8.35. The smallest absolute Gasteiger partial charge is 0.289 e. The number of piperazine rings is 1. The maximum absolute atomic E-state index is 13.1. The van der Waals surface area contributed by atoms with E-state index in [1.807, 2.05) is 77.6 Å². The number of aromatic hydroxyl groups is 2. The molecule has 0 aliphatic carbocycles. The molecule has 0 atom stereocenters. The highest BCUT2D eigenvalue weighted by atomic mass is 16.5. The SMILES string of the molecule is CCNC(=O)c1nnc(-c2cc(C(C)C)c(O)cc2O)n1-c1ccc(CN2CCN(C(=O)CC(C)(C)OCCC(C)(C)N)CC2)cc1. The maximum Gasteiger partial charge on any atom is 0.289 e. The summed E-state index contributed by atoms with van der Waals surface area (Å²) in [5.74, 6) is -0.0941. The molecule has 12 nitrogen and oxygen atoms in total. The zero-order valence-electron chi connectivity index (χ0n) is 28.8. The molecular formula is C35H51N7O5. The van der Waals surface area contributed by atoms with Gasteiger partial charge in [-0.25, -0.2) is 0 Å². The van der Waals surface area contributed by atoms with Gasteiger partial charge in [0.2, 0.25) is 11.7 Å². The molecule has 0 radical (unpaired) electrons. The number of phenolic OH excluding ortho intramolecular Hbond substituents is 2. The van der Waals surface area contributed by atoms with Crippen molar-refractivity contribution in [1.29, 1.82) is 0 Å². The van der Waals surface area contributed by atoms with Gasteiger partial charge in [0.15, 0.2) is 5.82 Å². The van der Waals surface area contributed by atoms with Crippen LogP contribution in [0.4, 0.5) is 0 Å². The molecule has 1 fully saturated rings. The van der Waals surface area contributed by atoms with E-state index in [4.69, 9.17) is 10.5 Å². The van der Waals surface area contributed by atoms with Crippen molar-refractivity contribution in [2.75, 3.05) is 39.3 Å². The number of hydrogen-bond acceptors (Lipinski definition) is 9. The molecule has 5 N–H and O–H groups in total. The lowest BCUT2D eigenvalue weighted by Gasteiger charge is -2.36. The highest BCUT2D eigenvalue weighted by Gasteiger charge is 2.29. The molecule has 256 valence electrons. The van der Waals surface area contributed by atoms with Crippen LogP contribution in [0.5, 0.6) is 11.5 Å². The highest BCUT2D eigenvalue weighted by molar-refractivity contribution is 5.92. The summed E-state index contributed by atoms with van der Waals surface area (Å²) in [6.45, 7) is 18.0. The molecule has 12 heteroatoms. The van der Waals surface area contributed by atoms with Gasteiger partial charge >= 0.3 is 0 Å². The summed E-state index contributed by atoms with van der Waals surface area (Å²) < 4.78 is 7.62. The van der Waals surface area contributed by atoms with Crippen LogP contribution in [0.2, 0.25) is 0 Å². The van der Waals surface area contributed by atoms with Crippen LogP contribution in [0.3, 0.4) is 0 Å². The van der Waals surface area contributed by atoms with E-state index in [2.05, 4.69) is 20.4 Å². The van der Waals surface area contributed by atoms with Gasteiger partial charge in [0.25, 0.3) is 5.91 Å². The van der Waals surface area contributed by atoms with Gasteiger partial charge in [-0.1, -0.05) is 26.0 Å². The normalized spacial score (nSPS) is 14.5. The molecule has 0 spiro atoms. The van der Waals surface area contributed by atoms with Crippen molar-refractivity contribution in [2.45, 2.75) is 84.9 Å². The van der Waals surface area contributed by atoms with Gasteiger partial charge < -0.3 is 30.9 Å². The van der Waals surface area contributed by atoms with Crippen molar-refractivity contribution >= 4 is 11.8 Å². The van der Waals surface area contributed by atoms with Gasteiger partial charge in [-0.3, -0.25) is 19.1 Å². The van der Waals surface area contributed by atoms with Crippen LogP contribution in [0.15, 0.2) is 36.4 Å². The average Bonchev–Trinajstić information content (AvgIpc) is 3.42. The van der Waals surface area contributed by atoms with E-state index in [9.17, 15) is 19.8 Å². The van der Waals surface area contributed by atoms with Gasteiger partial charge in [0.05, 0.1) is 17.6 Å². The fraction of sp³-hybridized carbons (Fsp3) is 0.543. The Labute approximate surface area is 277 Å². The number of ether oxygens (including phenoxy) is 1.